The van der Waals surface area contributed by atoms with Gasteiger partial charge in [-0.2, -0.15) is 0 Å². The van der Waals surface area contributed by atoms with Gasteiger partial charge in [-0.3, -0.25) is 4.90 Å². The van der Waals surface area contributed by atoms with E-state index in [0.717, 1.165) is 48.5 Å². The van der Waals surface area contributed by atoms with Crippen molar-refractivity contribution in [3.63, 3.8) is 0 Å². The summed E-state index contributed by atoms with van der Waals surface area (Å²) in [6.07, 6.45) is 3.71. The molecule has 0 radical (unpaired) electrons. The predicted molar refractivity (Wildman–Crippen MR) is 91.8 cm³/mol. The molecule has 118 valence electrons. The zero-order chi connectivity index (χ0) is 15.2. The molecule has 1 aromatic carbocycles. The van der Waals surface area contributed by atoms with Crippen LogP contribution < -0.4 is 5.73 Å². The Labute approximate surface area is 140 Å². The van der Waals surface area contributed by atoms with Crippen LogP contribution in [0.4, 0.5) is 0 Å². The first-order valence-corrected chi connectivity index (χ1v) is 8.83. The molecule has 1 aliphatic heterocycles. The lowest BCUT2D eigenvalue weighted by atomic mass is 10.0. The van der Waals surface area contributed by atoms with Gasteiger partial charge in [-0.05, 0) is 59.4 Å². The van der Waals surface area contributed by atoms with Gasteiger partial charge >= 0.3 is 0 Å². The average molecular weight is 376 g/mol. The van der Waals surface area contributed by atoms with Crippen molar-refractivity contribution in [3.8, 4) is 0 Å². The summed E-state index contributed by atoms with van der Waals surface area (Å²) in [5.41, 5.74) is 7.21. The first kappa shape index (κ1) is 17.2. The quantitative estimate of drug-likeness (QED) is 0.817. The maximum absolute atomic E-state index is 6.22. The molecular weight excluding hydrogens is 352 g/mol. The van der Waals surface area contributed by atoms with Crippen molar-refractivity contribution in [1.82, 2.24) is 4.90 Å². The molecule has 1 aromatic rings. The number of nitrogens with zero attached hydrogens (tertiary/aromatic N) is 1. The predicted octanol–water partition coefficient (Wildman–Crippen LogP) is 3.99. The largest absolute Gasteiger partial charge is 0.377 e. The summed E-state index contributed by atoms with van der Waals surface area (Å²) < 4.78 is 6.84. The zero-order valence-corrected chi connectivity index (χ0v) is 14.9. The minimum absolute atomic E-state index is 0.212. The van der Waals surface area contributed by atoms with Crippen molar-refractivity contribution in [2.75, 3.05) is 26.2 Å². The van der Waals surface area contributed by atoms with Crippen LogP contribution in [0.25, 0.3) is 0 Å². The van der Waals surface area contributed by atoms with Crippen LogP contribution in [-0.4, -0.2) is 37.2 Å². The second-order valence-electron chi connectivity index (χ2n) is 5.56. The van der Waals surface area contributed by atoms with Gasteiger partial charge in [0, 0.05) is 30.2 Å². The number of rotatable bonds is 6. The maximum Gasteiger partial charge on any atom is 0.0702 e. The molecule has 3 nitrogen and oxygen atoms in total. The molecule has 0 aromatic heterocycles. The highest BCUT2D eigenvalue weighted by Crippen LogP contribution is 2.30. The number of halogens is 2. The number of hydrogen-bond acceptors (Lipinski definition) is 3. The summed E-state index contributed by atoms with van der Waals surface area (Å²) in [7, 11) is 0. The van der Waals surface area contributed by atoms with Crippen molar-refractivity contribution in [2.24, 2.45) is 5.73 Å². The Bertz CT molecular complexity index is 458. The highest BCUT2D eigenvalue weighted by atomic mass is 79.9. The molecule has 1 fully saturated rings. The van der Waals surface area contributed by atoms with E-state index in [1.807, 2.05) is 12.1 Å². The maximum atomic E-state index is 6.22. The molecule has 2 atom stereocenters. The molecule has 21 heavy (non-hydrogen) atoms. The van der Waals surface area contributed by atoms with Crippen molar-refractivity contribution in [3.05, 3.63) is 33.3 Å². The molecule has 5 heteroatoms. The van der Waals surface area contributed by atoms with E-state index < -0.39 is 0 Å². The standard InChI is InChI=1S/C16H24BrClN2O/c1-2-8-21-13-4-3-7-20(11-13)16(10-19)12-5-6-14(17)15(18)9-12/h5-6,9,13,16H,2-4,7-8,10-11,19H2,1H3. The van der Waals surface area contributed by atoms with Crippen LogP contribution in [0.1, 0.15) is 37.8 Å². The lowest BCUT2D eigenvalue weighted by Crippen LogP contribution is -2.44. The van der Waals surface area contributed by atoms with Gasteiger partial charge in [0.05, 0.1) is 11.1 Å². The van der Waals surface area contributed by atoms with Gasteiger partial charge in [0.25, 0.3) is 0 Å². The Hall–Kier alpha value is -0.130. The molecule has 0 bridgehead atoms. The number of hydrogen-bond donors (Lipinski definition) is 1. The molecule has 0 saturated carbocycles. The van der Waals surface area contributed by atoms with Gasteiger partial charge in [-0.15, -0.1) is 0 Å². The second kappa shape index (κ2) is 8.49. The smallest absolute Gasteiger partial charge is 0.0702 e. The minimum Gasteiger partial charge on any atom is -0.377 e. The highest BCUT2D eigenvalue weighted by molar-refractivity contribution is 9.10. The minimum atomic E-state index is 0.212. The molecule has 2 N–H and O–H groups in total. The third-order valence-electron chi connectivity index (χ3n) is 3.96. The summed E-state index contributed by atoms with van der Waals surface area (Å²) in [6.45, 7) is 5.61. The van der Waals surface area contributed by atoms with Crippen LogP contribution >= 0.6 is 27.5 Å². The fraction of sp³-hybridized carbons (Fsp3) is 0.625. The Morgan fingerprint density at radius 2 is 2.33 bits per heavy atom. The summed E-state index contributed by atoms with van der Waals surface area (Å²) in [6, 6.07) is 6.32. The lowest BCUT2D eigenvalue weighted by molar-refractivity contribution is -0.0118. The Balaban J connectivity index is 2.07. The van der Waals surface area contributed by atoms with Gasteiger partial charge in [-0.1, -0.05) is 24.6 Å². The number of ether oxygens (including phenoxy) is 1. The first-order chi connectivity index (χ1) is 10.2. The SMILES string of the molecule is CCCOC1CCCN(C(CN)c2ccc(Br)c(Cl)c2)C1. The summed E-state index contributed by atoms with van der Waals surface area (Å²) in [5, 5.41) is 0.738. The summed E-state index contributed by atoms with van der Waals surface area (Å²) in [4.78, 5) is 2.43. The Kier molecular flexibility index (Phi) is 6.96. The van der Waals surface area contributed by atoms with Gasteiger partial charge in [-0.25, -0.2) is 0 Å². The van der Waals surface area contributed by atoms with Crippen molar-refractivity contribution in [1.29, 1.82) is 0 Å². The molecule has 0 aliphatic carbocycles. The van der Waals surface area contributed by atoms with Crippen LogP contribution in [0.5, 0.6) is 0 Å². The zero-order valence-electron chi connectivity index (χ0n) is 12.5. The molecule has 1 saturated heterocycles. The fourth-order valence-electron chi connectivity index (χ4n) is 2.89. The normalized spacial score (nSPS) is 21.4. The second-order valence-corrected chi connectivity index (χ2v) is 6.82. The Morgan fingerprint density at radius 1 is 1.52 bits per heavy atom. The van der Waals surface area contributed by atoms with Crippen LogP contribution in [0.15, 0.2) is 22.7 Å². The van der Waals surface area contributed by atoms with E-state index in [9.17, 15) is 0 Å². The van der Waals surface area contributed by atoms with Gasteiger partial charge in [0.2, 0.25) is 0 Å². The van der Waals surface area contributed by atoms with E-state index in [1.54, 1.807) is 0 Å². The van der Waals surface area contributed by atoms with Crippen LogP contribution in [-0.2, 0) is 4.74 Å². The highest BCUT2D eigenvalue weighted by Gasteiger charge is 2.26. The third kappa shape index (κ3) is 4.67. The van der Waals surface area contributed by atoms with Gasteiger partial charge < -0.3 is 10.5 Å². The van der Waals surface area contributed by atoms with E-state index in [4.69, 9.17) is 22.1 Å². The first-order valence-electron chi connectivity index (χ1n) is 7.66. The molecule has 1 heterocycles. The van der Waals surface area contributed by atoms with E-state index in [0.29, 0.717) is 12.6 Å². The molecular formula is C16H24BrClN2O. The lowest BCUT2D eigenvalue weighted by Gasteiger charge is -2.38. The van der Waals surface area contributed by atoms with Crippen LogP contribution in [0.2, 0.25) is 5.02 Å². The fourth-order valence-corrected chi connectivity index (χ4v) is 3.32. The van der Waals surface area contributed by atoms with Crippen LogP contribution in [0.3, 0.4) is 0 Å². The summed E-state index contributed by atoms with van der Waals surface area (Å²) in [5.74, 6) is 0. The Morgan fingerprint density at radius 3 is 3.00 bits per heavy atom. The number of benzene rings is 1. The molecule has 1 aliphatic rings. The van der Waals surface area contributed by atoms with E-state index in [-0.39, 0.29) is 6.04 Å². The van der Waals surface area contributed by atoms with Crippen molar-refractivity contribution >= 4 is 27.5 Å². The van der Waals surface area contributed by atoms with Gasteiger partial charge in [0.15, 0.2) is 0 Å². The van der Waals surface area contributed by atoms with E-state index in [2.05, 4.69) is 33.8 Å². The van der Waals surface area contributed by atoms with Crippen LogP contribution in [0, 0.1) is 0 Å². The monoisotopic (exact) mass is 374 g/mol. The topological polar surface area (TPSA) is 38.5 Å². The molecule has 0 amide bonds. The number of nitrogens with two attached hydrogens (primary N) is 1. The van der Waals surface area contributed by atoms with Gasteiger partial charge in [0.1, 0.15) is 0 Å². The number of piperidine rings is 1. The van der Waals surface area contributed by atoms with E-state index >= 15 is 0 Å². The number of likely N-dealkylation sites (tertiary alicyclic amines) is 1. The molecule has 2 rings (SSSR count). The third-order valence-corrected chi connectivity index (χ3v) is 5.19. The van der Waals surface area contributed by atoms with Crippen molar-refractivity contribution in [2.45, 2.75) is 38.3 Å². The average Bonchev–Trinajstić information content (AvgIpc) is 2.50. The molecule has 2 unspecified atom stereocenters. The van der Waals surface area contributed by atoms with Crippen molar-refractivity contribution < 1.29 is 4.74 Å². The van der Waals surface area contributed by atoms with E-state index in [1.165, 1.54) is 5.56 Å². The summed E-state index contributed by atoms with van der Waals surface area (Å²) >= 11 is 9.66. The molecule has 0 spiro atoms.